The minimum Gasteiger partial charge on any atom is -0.438 e. The van der Waals surface area contributed by atoms with E-state index >= 15 is 0 Å². The minimum atomic E-state index is -0.0130. The summed E-state index contributed by atoms with van der Waals surface area (Å²) in [6, 6.07) is 15.3. The van der Waals surface area contributed by atoms with Gasteiger partial charge in [0.2, 0.25) is 5.88 Å². The summed E-state index contributed by atoms with van der Waals surface area (Å²) in [5, 5.41) is 2.21. The molecule has 0 N–H and O–H groups in total. The van der Waals surface area contributed by atoms with E-state index in [9.17, 15) is 4.79 Å². The number of pyridine rings is 1. The smallest absolute Gasteiger partial charge is 0.219 e. The first kappa shape index (κ1) is 13.8. The second-order valence-electron chi connectivity index (χ2n) is 4.64. The SMILES string of the molecule is CC(=O)c1ccc(Oc2ccc3ccccc3c2Br)nc1. The summed E-state index contributed by atoms with van der Waals surface area (Å²) in [5.41, 5.74) is 0.569. The number of fused-ring (bicyclic) bond motifs is 1. The summed E-state index contributed by atoms with van der Waals surface area (Å²) in [6.07, 6.45) is 1.52. The van der Waals surface area contributed by atoms with Crippen LogP contribution in [0.1, 0.15) is 17.3 Å². The Kier molecular flexibility index (Phi) is 3.71. The minimum absolute atomic E-state index is 0.0130. The van der Waals surface area contributed by atoms with E-state index in [0.29, 0.717) is 17.2 Å². The molecule has 2 aromatic carbocycles. The van der Waals surface area contributed by atoms with E-state index < -0.39 is 0 Å². The highest BCUT2D eigenvalue weighted by atomic mass is 79.9. The van der Waals surface area contributed by atoms with Gasteiger partial charge < -0.3 is 4.74 Å². The lowest BCUT2D eigenvalue weighted by atomic mass is 10.1. The summed E-state index contributed by atoms with van der Waals surface area (Å²) >= 11 is 3.57. The van der Waals surface area contributed by atoms with Gasteiger partial charge in [0.15, 0.2) is 5.78 Å². The van der Waals surface area contributed by atoms with Crippen molar-refractivity contribution in [1.29, 1.82) is 0 Å². The molecule has 0 aliphatic rings. The maximum absolute atomic E-state index is 11.2. The molecule has 0 saturated carbocycles. The zero-order chi connectivity index (χ0) is 14.8. The van der Waals surface area contributed by atoms with Crippen molar-refractivity contribution < 1.29 is 9.53 Å². The summed E-state index contributed by atoms with van der Waals surface area (Å²) < 4.78 is 6.67. The van der Waals surface area contributed by atoms with Crippen LogP contribution in [0.4, 0.5) is 0 Å². The second kappa shape index (κ2) is 5.66. The number of hydrogen-bond donors (Lipinski definition) is 0. The molecule has 3 aromatic rings. The predicted octanol–water partition coefficient (Wildman–Crippen LogP) is 4.99. The number of hydrogen-bond acceptors (Lipinski definition) is 3. The third-order valence-electron chi connectivity index (χ3n) is 3.19. The maximum atomic E-state index is 11.2. The van der Waals surface area contributed by atoms with Crippen LogP contribution < -0.4 is 4.74 Å². The maximum Gasteiger partial charge on any atom is 0.219 e. The highest BCUT2D eigenvalue weighted by Gasteiger charge is 2.08. The summed E-state index contributed by atoms with van der Waals surface area (Å²) in [5.74, 6) is 1.13. The van der Waals surface area contributed by atoms with E-state index in [-0.39, 0.29) is 5.78 Å². The average molecular weight is 342 g/mol. The molecule has 1 aromatic heterocycles. The van der Waals surface area contributed by atoms with Crippen molar-refractivity contribution in [2.24, 2.45) is 0 Å². The standard InChI is InChI=1S/C17H12BrNO2/c1-11(20)13-7-9-16(19-10-13)21-15-8-6-12-4-2-3-5-14(12)17(15)18/h2-10H,1H3. The summed E-state index contributed by atoms with van der Waals surface area (Å²) in [7, 11) is 0. The third-order valence-corrected chi connectivity index (χ3v) is 4.00. The molecule has 104 valence electrons. The van der Waals surface area contributed by atoms with Gasteiger partial charge in [0, 0.05) is 17.8 Å². The average Bonchev–Trinajstić information content (AvgIpc) is 2.51. The Morgan fingerprint density at radius 3 is 2.62 bits per heavy atom. The Morgan fingerprint density at radius 2 is 1.90 bits per heavy atom. The molecule has 0 atom stereocenters. The van der Waals surface area contributed by atoms with Gasteiger partial charge in [0.25, 0.3) is 0 Å². The topological polar surface area (TPSA) is 39.2 Å². The van der Waals surface area contributed by atoms with E-state index in [1.54, 1.807) is 12.1 Å². The molecule has 3 nitrogen and oxygen atoms in total. The normalized spacial score (nSPS) is 10.6. The van der Waals surface area contributed by atoms with Gasteiger partial charge in [-0.15, -0.1) is 0 Å². The van der Waals surface area contributed by atoms with Crippen molar-refractivity contribution in [2.45, 2.75) is 6.92 Å². The first-order valence-corrected chi connectivity index (χ1v) is 7.26. The highest BCUT2D eigenvalue weighted by molar-refractivity contribution is 9.10. The number of halogens is 1. The lowest BCUT2D eigenvalue weighted by Gasteiger charge is -2.09. The van der Waals surface area contributed by atoms with Crippen molar-refractivity contribution in [3.63, 3.8) is 0 Å². The molecular formula is C17H12BrNO2. The molecule has 0 aliphatic carbocycles. The van der Waals surface area contributed by atoms with Crippen LogP contribution in [-0.4, -0.2) is 10.8 Å². The van der Waals surface area contributed by atoms with Gasteiger partial charge in [-0.3, -0.25) is 4.79 Å². The Labute approximate surface area is 130 Å². The largest absolute Gasteiger partial charge is 0.438 e. The number of carbonyl (C=O) groups excluding carboxylic acids is 1. The van der Waals surface area contributed by atoms with Crippen LogP contribution in [-0.2, 0) is 0 Å². The predicted molar refractivity (Wildman–Crippen MR) is 86.0 cm³/mol. The molecule has 3 rings (SSSR count). The van der Waals surface area contributed by atoms with Crippen LogP contribution in [0.3, 0.4) is 0 Å². The van der Waals surface area contributed by atoms with E-state index in [0.717, 1.165) is 15.2 Å². The van der Waals surface area contributed by atoms with E-state index in [1.165, 1.54) is 13.1 Å². The lowest BCUT2D eigenvalue weighted by molar-refractivity contribution is 0.101. The molecule has 0 spiro atoms. The van der Waals surface area contributed by atoms with Crippen molar-refractivity contribution in [1.82, 2.24) is 4.98 Å². The molecule has 21 heavy (non-hydrogen) atoms. The Balaban J connectivity index is 1.94. The van der Waals surface area contributed by atoms with E-state index in [2.05, 4.69) is 20.9 Å². The summed E-state index contributed by atoms with van der Waals surface area (Å²) in [4.78, 5) is 15.4. The zero-order valence-electron chi connectivity index (χ0n) is 11.3. The number of nitrogens with zero attached hydrogens (tertiary/aromatic N) is 1. The molecule has 1 heterocycles. The van der Waals surface area contributed by atoms with Crippen LogP contribution in [0, 0.1) is 0 Å². The molecule has 0 fully saturated rings. The van der Waals surface area contributed by atoms with Crippen LogP contribution in [0.15, 0.2) is 59.2 Å². The molecule has 4 heteroatoms. The number of Topliss-reactive ketones (excluding diaryl/α,β-unsaturated/α-hetero) is 1. The first-order chi connectivity index (χ1) is 10.1. The quantitative estimate of drug-likeness (QED) is 0.630. The molecular weight excluding hydrogens is 330 g/mol. The summed E-state index contributed by atoms with van der Waals surface area (Å²) in [6.45, 7) is 1.51. The fraction of sp³-hybridized carbons (Fsp3) is 0.0588. The number of ketones is 1. The number of ether oxygens (including phenoxy) is 1. The van der Waals surface area contributed by atoms with Crippen LogP contribution in [0.2, 0.25) is 0 Å². The first-order valence-electron chi connectivity index (χ1n) is 6.47. The second-order valence-corrected chi connectivity index (χ2v) is 5.44. The third kappa shape index (κ3) is 2.81. The van der Waals surface area contributed by atoms with Gasteiger partial charge in [-0.05, 0) is 45.8 Å². The zero-order valence-corrected chi connectivity index (χ0v) is 12.9. The number of rotatable bonds is 3. The highest BCUT2D eigenvalue weighted by Crippen LogP contribution is 2.35. The van der Waals surface area contributed by atoms with Crippen molar-refractivity contribution in [3.05, 3.63) is 64.8 Å². The lowest BCUT2D eigenvalue weighted by Crippen LogP contribution is -1.94. The van der Waals surface area contributed by atoms with Crippen LogP contribution in [0.5, 0.6) is 11.6 Å². The Morgan fingerprint density at radius 1 is 1.10 bits per heavy atom. The molecule has 0 aliphatic heterocycles. The van der Waals surface area contributed by atoms with Crippen LogP contribution >= 0.6 is 15.9 Å². The van der Waals surface area contributed by atoms with Gasteiger partial charge in [0.1, 0.15) is 5.75 Å². The monoisotopic (exact) mass is 341 g/mol. The van der Waals surface area contributed by atoms with Gasteiger partial charge >= 0.3 is 0 Å². The number of benzene rings is 2. The van der Waals surface area contributed by atoms with Gasteiger partial charge in [-0.25, -0.2) is 4.98 Å². The van der Waals surface area contributed by atoms with Crippen molar-refractivity contribution >= 4 is 32.5 Å². The van der Waals surface area contributed by atoms with Crippen molar-refractivity contribution in [2.75, 3.05) is 0 Å². The number of carbonyl (C=O) groups is 1. The molecule has 0 radical (unpaired) electrons. The van der Waals surface area contributed by atoms with E-state index in [1.807, 2.05) is 36.4 Å². The Bertz CT molecular complexity index is 813. The van der Waals surface area contributed by atoms with Gasteiger partial charge in [-0.1, -0.05) is 30.3 Å². The van der Waals surface area contributed by atoms with E-state index in [4.69, 9.17) is 4.74 Å². The fourth-order valence-corrected chi connectivity index (χ4v) is 2.63. The molecule has 0 unspecified atom stereocenters. The number of aromatic nitrogens is 1. The Hall–Kier alpha value is -2.20. The van der Waals surface area contributed by atoms with Gasteiger partial charge in [-0.2, -0.15) is 0 Å². The van der Waals surface area contributed by atoms with Gasteiger partial charge in [0.05, 0.1) is 4.47 Å². The molecule has 0 saturated heterocycles. The fourth-order valence-electron chi connectivity index (χ4n) is 2.05. The van der Waals surface area contributed by atoms with Crippen molar-refractivity contribution in [3.8, 4) is 11.6 Å². The molecule has 0 amide bonds. The van der Waals surface area contributed by atoms with Crippen LogP contribution in [0.25, 0.3) is 10.8 Å². The molecule has 0 bridgehead atoms.